The normalized spacial score (nSPS) is 18.5. The molecule has 106 valence electrons. The van der Waals surface area contributed by atoms with Gasteiger partial charge in [-0.15, -0.1) is 12.4 Å². The number of nitrogens with one attached hydrogen (secondary N) is 2. The summed E-state index contributed by atoms with van der Waals surface area (Å²) in [5, 5.41) is 15.7. The van der Waals surface area contributed by atoms with Crippen molar-refractivity contribution < 1.29 is 9.90 Å². The molecule has 0 spiro atoms. The van der Waals surface area contributed by atoms with Gasteiger partial charge in [-0.25, -0.2) is 0 Å². The van der Waals surface area contributed by atoms with E-state index in [0.29, 0.717) is 12.1 Å². The molecule has 0 aliphatic carbocycles. The number of amides is 1. The smallest absolute Gasteiger partial charge is 0.226 e. The second-order valence-corrected chi connectivity index (χ2v) is 6.21. The molecule has 1 heterocycles. The highest BCUT2D eigenvalue weighted by Gasteiger charge is 2.17. The molecule has 19 heavy (non-hydrogen) atoms. The van der Waals surface area contributed by atoms with Crippen LogP contribution in [0, 0.1) is 0 Å². The van der Waals surface area contributed by atoms with E-state index >= 15 is 0 Å². The molecule has 1 aromatic carbocycles. The molecule has 0 aromatic heterocycles. The predicted molar refractivity (Wildman–Crippen MR) is 85.4 cm³/mol. The monoisotopic (exact) mass is 366 g/mol. The van der Waals surface area contributed by atoms with Crippen LogP contribution >= 0.6 is 40.1 Å². The van der Waals surface area contributed by atoms with Crippen LogP contribution in [0.2, 0.25) is 0 Å². The van der Waals surface area contributed by atoms with Crippen molar-refractivity contribution in [1.29, 1.82) is 0 Å². The minimum Gasteiger partial charge on any atom is -0.506 e. The summed E-state index contributed by atoms with van der Waals surface area (Å²) in [5.41, 5.74) is 0.442. The molecule has 1 aliphatic rings. The van der Waals surface area contributed by atoms with E-state index in [1.807, 2.05) is 11.8 Å². The number of halogens is 2. The second-order valence-electron chi connectivity index (χ2n) is 4.14. The lowest BCUT2D eigenvalue weighted by Gasteiger charge is -2.22. The number of carbonyl (C=O) groups is 1. The largest absolute Gasteiger partial charge is 0.506 e. The number of carbonyl (C=O) groups excluding carboxylic acids is 1. The number of phenols is 1. The number of phenolic OH excluding ortho intramolecular Hbond substituents is 1. The van der Waals surface area contributed by atoms with Crippen molar-refractivity contribution >= 4 is 51.7 Å². The maximum atomic E-state index is 11.9. The summed E-state index contributed by atoms with van der Waals surface area (Å²) >= 11 is 5.16. The van der Waals surface area contributed by atoms with Crippen LogP contribution in [0.15, 0.2) is 22.7 Å². The van der Waals surface area contributed by atoms with Crippen molar-refractivity contribution in [2.45, 2.75) is 12.5 Å². The van der Waals surface area contributed by atoms with Gasteiger partial charge in [0.05, 0.1) is 5.69 Å². The first-order valence-electron chi connectivity index (χ1n) is 5.74. The van der Waals surface area contributed by atoms with Gasteiger partial charge in [0, 0.05) is 35.0 Å². The zero-order chi connectivity index (χ0) is 13.0. The van der Waals surface area contributed by atoms with Crippen molar-refractivity contribution in [3.63, 3.8) is 0 Å². The number of aromatic hydroxyl groups is 1. The first-order valence-corrected chi connectivity index (χ1v) is 7.69. The summed E-state index contributed by atoms with van der Waals surface area (Å²) < 4.78 is 0.821. The topological polar surface area (TPSA) is 61.4 Å². The van der Waals surface area contributed by atoms with Gasteiger partial charge >= 0.3 is 0 Å². The van der Waals surface area contributed by atoms with Crippen molar-refractivity contribution in [3.05, 3.63) is 22.7 Å². The van der Waals surface area contributed by atoms with E-state index in [2.05, 4.69) is 26.6 Å². The number of rotatable bonds is 3. The molecule has 1 atom stereocenters. The van der Waals surface area contributed by atoms with Crippen LogP contribution in [0.25, 0.3) is 0 Å². The fraction of sp³-hybridized carbons (Fsp3) is 0.417. The van der Waals surface area contributed by atoms with E-state index in [1.165, 1.54) is 0 Å². The molecule has 2 rings (SSSR count). The molecular formula is C12H16BrClN2O2S. The Morgan fingerprint density at radius 3 is 3.05 bits per heavy atom. The maximum absolute atomic E-state index is 11.9. The highest BCUT2D eigenvalue weighted by Crippen LogP contribution is 2.27. The quantitative estimate of drug-likeness (QED) is 0.719. The van der Waals surface area contributed by atoms with Crippen LogP contribution in [-0.2, 0) is 4.79 Å². The third-order valence-corrected chi connectivity index (χ3v) is 4.29. The first-order chi connectivity index (χ1) is 8.65. The Labute approximate surface area is 131 Å². The summed E-state index contributed by atoms with van der Waals surface area (Å²) in [7, 11) is 0. The van der Waals surface area contributed by atoms with Crippen LogP contribution in [0.5, 0.6) is 5.75 Å². The van der Waals surface area contributed by atoms with Gasteiger partial charge in [-0.2, -0.15) is 11.8 Å². The SMILES string of the molecule is Cl.O=C(CC1CSCCN1)Nc1cc(Br)ccc1O. The van der Waals surface area contributed by atoms with Gasteiger partial charge in [-0.1, -0.05) is 15.9 Å². The maximum Gasteiger partial charge on any atom is 0.226 e. The van der Waals surface area contributed by atoms with Crippen molar-refractivity contribution in [1.82, 2.24) is 5.32 Å². The van der Waals surface area contributed by atoms with Gasteiger partial charge in [-0.3, -0.25) is 4.79 Å². The Morgan fingerprint density at radius 2 is 2.37 bits per heavy atom. The van der Waals surface area contributed by atoms with Gasteiger partial charge in [0.1, 0.15) is 5.75 Å². The Balaban J connectivity index is 0.00000180. The molecule has 1 aromatic rings. The van der Waals surface area contributed by atoms with E-state index in [-0.39, 0.29) is 30.1 Å². The summed E-state index contributed by atoms with van der Waals surface area (Å²) in [6.45, 7) is 0.949. The van der Waals surface area contributed by atoms with Crippen LogP contribution < -0.4 is 10.6 Å². The molecule has 0 bridgehead atoms. The number of benzene rings is 1. The standard InChI is InChI=1S/C12H15BrN2O2S.ClH/c13-8-1-2-11(16)10(5-8)15-12(17)6-9-7-18-4-3-14-9;/h1-2,5,9,14,16H,3-4,6-7H2,(H,15,17);1H. The first kappa shape index (κ1) is 16.6. The molecule has 1 aliphatic heterocycles. The van der Waals surface area contributed by atoms with Crippen LogP contribution in [0.1, 0.15) is 6.42 Å². The minimum absolute atomic E-state index is 0. The highest BCUT2D eigenvalue weighted by molar-refractivity contribution is 9.10. The van der Waals surface area contributed by atoms with Crippen LogP contribution in [0.3, 0.4) is 0 Å². The lowest BCUT2D eigenvalue weighted by Crippen LogP contribution is -2.39. The lowest BCUT2D eigenvalue weighted by molar-refractivity contribution is -0.116. The van der Waals surface area contributed by atoms with Gasteiger partial charge in [0.25, 0.3) is 0 Å². The Kier molecular flexibility index (Phi) is 6.99. The minimum atomic E-state index is -0.0802. The number of hydrogen-bond donors (Lipinski definition) is 3. The van der Waals surface area contributed by atoms with E-state index < -0.39 is 0 Å². The number of anilines is 1. The molecular weight excluding hydrogens is 352 g/mol. The van der Waals surface area contributed by atoms with Crippen LogP contribution in [-0.4, -0.2) is 35.1 Å². The third kappa shape index (κ3) is 5.22. The lowest BCUT2D eigenvalue weighted by atomic mass is 10.2. The molecule has 7 heteroatoms. The Morgan fingerprint density at radius 1 is 1.58 bits per heavy atom. The molecule has 1 saturated heterocycles. The van der Waals surface area contributed by atoms with E-state index in [9.17, 15) is 9.90 Å². The Bertz CT molecular complexity index is 442. The highest BCUT2D eigenvalue weighted by atomic mass is 79.9. The summed E-state index contributed by atoms with van der Waals surface area (Å²) in [6, 6.07) is 5.19. The fourth-order valence-electron chi connectivity index (χ4n) is 1.78. The summed E-state index contributed by atoms with van der Waals surface area (Å²) in [4.78, 5) is 11.9. The molecule has 0 saturated carbocycles. The summed E-state index contributed by atoms with van der Waals surface area (Å²) in [6.07, 6.45) is 0.430. The van der Waals surface area contributed by atoms with E-state index in [0.717, 1.165) is 22.5 Å². The van der Waals surface area contributed by atoms with Crippen molar-refractivity contribution in [2.24, 2.45) is 0 Å². The zero-order valence-electron chi connectivity index (χ0n) is 10.2. The fourth-order valence-corrected chi connectivity index (χ4v) is 3.09. The second kappa shape index (κ2) is 7.99. The van der Waals surface area contributed by atoms with Crippen molar-refractivity contribution in [2.75, 3.05) is 23.4 Å². The number of thioether (sulfide) groups is 1. The molecule has 1 fully saturated rings. The van der Waals surface area contributed by atoms with Gasteiger partial charge in [0.15, 0.2) is 0 Å². The van der Waals surface area contributed by atoms with Gasteiger partial charge in [0.2, 0.25) is 5.91 Å². The zero-order valence-corrected chi connectivity index (χ0v) is 13.4. The van der Waals surface area contributed by atoms with Crippen LogP contribution in [0.4, 0.5) is 5.69 Å². The molecule has 3 N–H and O–H groups in total. The Hall–Kier alpha value is -0.430. The molecule has 0 radical (unpaired) electrons. The molecule has 4 nitrogen and oxygen atoms in total. The summed E-state index contributed by atoms with van der Waals surface area (Å²) in [5.74, 6) is 2.06. The van der Waals surface area contributed by atoms with Gasteiger partial charge in [-0.05, 0) is 18.2 Å². The third-order valence-electron chi connectivity index (χ3n) is 2.66. The van der Waals surface area contributed by atoms with Crippen molar-refractivity contribution in [3.8, 4) is 5.75 Å². The molecule has 1 amide bonds. The number of hydrogen-bond acceptors (Lipinski definition) is 4. The van der Waals surface area contributed by atoms with Gasteiger partial charge < -0.3 is 15.7 Å². The van der Waals surface area contributed by atoms with E-state index in [4.69, 9.17) is 0 Å². The average Bonchev–Trinajstić information content (AvgIpc) is 2.35. The predicted octanol–water partition coefficient (Wildman–Crippen LogP) is 2.61. The average molecular weight is 368 g/mol. The van der Waals surface area contributed by atoms with E-state index in [1.54, 1.807) is 18.2 Å². The molecule has 1 unspecified atom stereocenters.